The first-order chi connectivity index (χ1) is 12.3. The topological polar surface area (TPSA) is 67.3 Å². The van der Waals surface area contributed by atoms with Crippen molar-refractivity contribution in [3.8, 4) is 0 Å². The lowest BCUT2D eigenvalue weighted by Crippen LogP contribution is -2.34. The molecule has 0 saturated heterocycles. The van der Waals surface area contributed by atoms with Gasteiger partial charge in [0.1, 0.15) is 5.60 Å². The van der Waals surface area contributed by atoms with E-state index in [1.165, 1.54) is 12.4 Å². The molecule has 7 heteroatoms. The molecule has 0 bridgehead atoms. The Morgan fingerprint density at radius 1 is 1.19 bits per heavy atom. The van der Waals surface area contributed by atoms with E-state index in [1.807, 2.05) is 56.0 Å². The summed E-state index contributed by atoms with van der Waals surface area (Å²) in [5, 5.41) is 2.71. The molecular weight excluding hydrogens is 335 g/mol. The van der Waals surface area contributed by atoms with Crippen molar-refractivity contribution >= 4 is 11.9 Å². The third-order valence-corrected chi connectivity index (χ3v) is 3.42. The van der Waals surface area contributed by atoms with Gasteiger partial charge in [-0.2, -0.15) is 4.39 Å². The van der Waals surface area contributed by atoms with E-state index in [1.54, 1.807) is 0 Å². The fourth-order valence-electron chi connectivity index (χ4n) is 2.36. The maximum Gasteiger partial charge on any atom is 0.407 e. The molecule has 0 spiro atoms. The Kier molecular flexibility index (Phi) is 6.89. The SMILES string of the molecule is CC(C)(C)OC(=O)NCCCN(Cc1ccccc1)c1nccnc1F. The number of ether oxygens (including phenoxy) is 1. The van der Waals surface area contributed by atoms with Crippen molar-refractivity contribution in [3.05, 3.63) is 54.2 Å². The van der Waals surface area contributed by atoms with Crippen LogP contribution in [0.4, 0.5) is 15.0 Å². The first-order valence-corrected chi connectivity index (χ1v) is 8.57. The van der Waals surface area contributed by atoms with E-state index < -0.39 is 17.6 Å². The molecule has 0 aliphatic rings. The van der Waals surface area contributed by atoms with Crippen LogP contribution in [0.15, 0.2) is 42.7 Å². The predicted molar refractivity (Wildman–Crippen MR) is 98.3 cm³/mol. The third-order valence-electron chi connectivity index (χ3n) is 3.42. The van der Waals surface area contributed by atoms with Crippen LogP contribution in [0.5, 0.6) is 0 Å². The second-order valence-electron chi connectivity index (χ2n) is 6.86. The minimum absolute atomic E-state index is 0.202. The molecule has 0 aliphatic heterocycles. The minimum Gasteiger partial charge on any atom is -0.444 e. The fraction of sp³-hybridized carbons (Fsp3) is 0.421. The van der Waals surface area contributed by atoms with Crippen LogP contribution >= 0.6 is 0 Å². The number of nitrogens with one attached hydrogen (secondary N) is 1. The summed E-state index contributed by atoms with van der Waals surface area (Å²) in [6, 6.07) is 9.75. The Bertz CT molecular complexity index is 704. The molecule has 1 heterocycles. The van der Waals surface area contributed by atoms with Crippen LogP contribution in [0.3, 0.4) is 0 Å². The summed E-state index contributed by atoms with van der Waals surface area (Å²) in [6.45, 7) is 6.87. The second kappa shape index (κ2) is 9.12. The highest BCUT2D eigenvalue weighted by Gasteiger charge is 2.17. The van der Waals surface area contributed by atoms with E-state index in [4.69, 9.17) is 4.74 Å². The lowest BCUT2D eigenvalue weighted by molar-refractivity contribution is 0.0527. The highest BCUT2D eigenvalue weighted by molar-refractivity contribution is 5.67. The number of amides is 1. The average molecular weight is 360 g/mol. The first-order valence-electron chi connectivity index (χ1n) is 8.57. The van der Waals surface area contributed by atoms with Gasteiger partial charge in [-0.25, -0.2) is 14.8 Å². The Labute approximate surface area is 153 Å². The minimum atomic E-state index is -0.608. The summed E-state index contributed by atoms with van der Waals surface area (Å²) >= 11 is 0. The van der Waals surface area contributed by atoms with Gasteiger partial charge >= 0.3 is 6.09 Å². The van der Waals surface area contributed by atoms with Gasteiger partial charge in [-0.1, -0.05) is 30.3 Å². The van der Waals surface area contributed by atoms with Gasteiger partial charge < -0.3 is 15.0 Å². The number of rotatable bonds is 7. The van der Waals surface area contributed by atoms with Crippen molar-refractivity contribution in [2.75, 3.05) is 18.0 Å². The Morgan fingerprint density at radius 3 is 2.54 bits per heavy atom. The molecule has 26 heavy (non-hydrogen) atoms. The number of hydrogen-bond acceptors (Lipinski definition) is 5. The number of carbonyl (C=O) groups is 1. The number of carbonyl (C=O) groups excluding carboxylic acids is 1. The van der Waals surface area contributed by atoms with Crippen molar-refractivity contribution in [3.63, 3.8) is 0 Å². The molecule has 1 N–H and O–H groups in total. The smallest absolute Gasteiger partial charge is 0.407 e. The number of aromatic nitrogens is 2. The zero-order valence-electron chi connectivity index (χ0n) is 15.4. The lowest BCUT2D eigenvalue weighted by atomic mass is 10.2. The first kappa shape index (κ1) is 19.6. The molecule has 2 rings (SSSR count). The van der Waals surface area contributed by atoms with E-state index in [9.17, 15) is 9.18 Å². The van der Waals surface area contributed by atoms with Crippen LogP contribution in [0.2, 0.25) is 0 Å². The van der Waals surface area contributed by atoms with Crippen LogP contribution in [0.1, 0.15) is 32.8 Å². The zero-order chi connectivity index (χ0) is 19.0. The van der Waals surface area contributed by atoms with Crippen LogP contribution in [-0.4, -0.2) is 34.8 Å². The second-order valence-corrected chi connectivity index (χ2v) is 6.86. The van der Waals surface area contributed by atoms with Crippen LogP contribution < -0.4 is 10.2 Å². The molecule has 0 fully saturated rings. The number of nitrogens with zero attached hydrogens (tertiary/aromatic N) is 3. The summed E-state index contributed by atoms with van der Waals surface area (Å²) in [4.78, 5) is 21.3. The molecule has 0 atom stereocenters. The Balaban J connectivity index is 1.95. The van der Waals surface area contributed by atoms with E-state index in [2.05, 4.69) is 15.3 Å². The summed E-state index contributed by atoms with van der Waals surface area (Å²) in [7, 11) is 0. The largest absolute Gasteiger partial charge is 0.444 e. The van der Waals surface area contributed by atoms with Gasteiger partial charge in [-0.3, -0.25) is 0 Å². The number of benzene rings is 1. The van der Waals surface area contributed by atoms with E-state index in [0.717, 1.165) is 5.56 Å². The van der Waals surface area contributed by atoms with E-state index in [-0.39, 0.29) is 5.82 Å². The Morgan fingerprint density at radius 2 is 1.88 bits per heavy atom. The molecule has 0 saturated carbocycles. The lowest BCUT2D eigenvalue weighted by Gasteiger charge is -2.24. The predicted octanol–water partition coefficient (Wildman–Crippen LogP) is 3.54. The zero-order valence-corrected chi connectivity index (χ0v) is 15.4. The van der Waals surface area contributed by atoms with Crippen molar-refractivity contribution < 1.29 is 13.9 Å². The van der Waals surface area contributed by atoms with Gasteiger partial charge in [0.15, 0.2) is 5.82 Å². The highest BCUT2D eigenvalue weighted by Crippen LogP contribution is 2.17. The normalized spacial score (nSPS) is 11.1. The maximum absolute atomic E-state index is 14.1. The summed E-state index contributed by atoms with van der Waals surface area (Å²) in [6.07, 6.45) is 2.94. The van der Waals surface area contributed by atoms with Gasteiger partial charge in [0.25, 0.3) is 5.95 Å². The van der Waals surface area contributed by atoms with Crippen molar-refractivity contribution in [2.45, 2.75) is 39.3 Å². The van der Waals surface area contributed by atoms with Gasteiger partial charge in [0.05, 0.1) is 0 Å². The van der Waals surface area contributed by atoms with Crippen LogP contribution in [0.25, 0.3) is 0 Å². The van der Waals surface area contributed by atoms with Crippen LogP contribution in [-0.2, 0) is 11.3 Å². The standard InChI is InChI=1S/C19H25FN4O2/c1-19(2,3)26-18(25)23-10-7-13-24(14-15-8-5-4-6-9-15)17-16(20)21-11-12-22-17/h4-6,8-9,11-12H,7,10,13-14H2,1-3H3,(H,23,25). The van der Waals surface area contributed by atoms with Crippen molar-refractivity contribution in [1.29, 1.82) is 0 Å². The Hall–Kier alpha value is -2.70. The van der Waals surface area contributed by atoms with E-state index in [0.29, 0.717) is 26.1 Å². The molecule has 6 nitrogen and oxygen atoms in total. The van der Waals surface area contributed by atoms with Crippen LogP contribution in [0, 0.1) is 5.95 Å². The monoisotopic (exact) mass is 360 g/mol. The molecule has 140 valence electrons. The molecule has 0 radical (unpaired) electrons. The molecule has 2 aromatic rings. The number of alkyl carbamates (subject to hydrolysis) is 1. The quantitative estimate of drug-likeness (QED) is 0.765. The number of halogens is 1. The average Bonchev–Trinajstić information content (AvgIpc) is 2.57. The van der Waals surface area contributed by atoms with Crippen molar-refractivity contribution in [1.82, 2.24) is 15.3 Å². The van der Waals surface area contributed by atoms with Gasteiger partial charge in [-0.05, 0) is 32.8 Å². The number of hydrogen-bond donors (Lipinski definition) is 1. The molecule has 0 unspecified atom stereocenters. The maximum atomic E-state index is 14.1. The summed E-state index contributed by atoms with van der Waals surface area (Å²) in [5.41, 5.74) is 0.504. The molecule has 0 aliphatic carbocycles. The highest BCUT2D eigenvalue weighted by atomic mass is 19.1. The fourth-order valence-corrected chi connectivity index (χ4v) is 2.36. The van der Waals surface area contributed by atoms with Gasteiger partial charge in [0.2, 0.25) is 0 Å². The summed E-state index contributed by atoms with van der Waals surface area (Å²) < 4.78 is 19.3. The third kappa shape index (κ3) is 6.66. The van der Waals surface area contributed by atoms with E-state index >= 15 is 0 Å². The van der Waals surface area contributed by atoms with Gasteiger partial charge in [-0.15, -0.1) is 0 Å². The molecule has 1 aromatic carbocycles. The van der Waals surface area contributed by atoms with Gasteiger partial charge in [0, 0.05) is 32.0 Å². The molecular formula is C19H25FN4O2. The molecule has 1 aromatic heterocycles. The molecule has 1 amide bonds. The summed E-state index contributed by atoms with van der Waals surface area (Å²) in [5.74, 6) is -0.405. The van der Waals surface area contributed by atoms with Crippen molar-refractivity contribution in [2.24, 2.45) is 0 Å². The number of anilines is 1.